The second-order valence-electron chi connectivity index (χ2n) is 5.20. The van der Waals surface area contributed by atoms with Crippen molar-refractivity contribution in [1.82, 2.24) is 15.3 Å². The Bertz CT molecular complexity index is 934. The molecule has 132 valence electrons. The summed E-state index contributed by atoms with van der Waals surface area (Å²) in [6.45, 7) is 0. The maximum absolute atomic E-state index is 11.6. The molecule has 1 amide bonds. The molecular formula is C18H15N3O5. The summed E-state index contributed by atoms with van der Waals surface area (Å²) in [6.07, 6.45) is 1.76. The van der Waals surface area contributed by atoms with Gasteiger partial charge in [0, 0.05) is 37.1 Å². The maximum Gasteiger partial charge on any atom is 0.512 e. The second kappa shape index (κ2) is 7.39. The van der Waals surface area contributed by atoms with Crippen molar-refractivity contribution in [2.45, 2.75) is 0 Å². The molecule has 0 saturated heterocycles. The van der Waals surface area contributed by atoms with Gasteiger partial charge in [-0.2, -0.15) is 0 Å². The van der Waals surface area contributed by atoms with E-state index in [1.165, 1.54) is 13.2 Å². The van der Waals surface area contributed by atoms with Crippen molar-refractivity contribution in [3.05, 3.63) is 60.6 Å². The number of rotatable bonds is 5. The first-order valence-corrected chi connectivity index (χ1v) is 7.61. The number of hydrogen-bond acceptors (Lipinski definition) is 5. The molecule has 0 unspecified atom stereocenters. The number of aromatic nitrogens is 2. The smallest absolute Gasteiger partial charge is 0.457 e. The highest BCUT2D eigenvalue weighted by Gasteiger charge is 2.08. The van der Waals surface area contributed by atoms with E-state index in [1.54, 1.807) is 36.5 Å². The summed E-state index contributed by atoms with van der Waals surface area (Å²) in [7, 11) is 1.53. The van der Waals surface area contributed by atoms with E-state index in [4.69, 9.17) is 9.84 Å². The summed E-state index contributed by atoms with van der Waals surface area (Å²) in [5, 5.41) is 11.1. The van der Waals surface area contributed by atoms with Gasteiger partial charge in [-0.1, -0.05) is 12.1 Å². The summed E-state index contributed by atoms with van der Waals surface area (Å²) in [4.78, 5) is 28.9. The molecule has 2 heterocycles. The molecule has 3 aromatic rings. The first-order chi connectivity index (χ1) is 12.5. The molecule has 0 fully saturated rings. The molecule has 0 aliphatic heterocycles. The summed E-state index contributed by atoms with van der Waals surface area (Å²) in [5.74, 6) is 0.925. The third kappa shape index (κ3) is 3.99. The van der Waals surface area contributed by atoms with Gasteiger partial charge in [-0.3, -0.25) is 9.78 Å². The number of pyridine rings is 1. The van der Waals surface area contributed by atoms with Crippen molar-refractivity contribution in [3.63, 3.8) is 0 Å². The molecule has 3 N–H and O–H groups in total. The Morgan fingerprint density at radius 1 is 1.08 bits per heavy atom. The Kier molecular flexibility index (Phi) is 4.84. The number of nitrogens with one attached hydrogen (secondary N) is 2. The molecule has 0 aliphatic rings. The van der Waals surface area contributed by atoms with Crippen molar-refractivity contribution in [1.29, 1.82) is 0 Å². The number of nitrogens with zero attached hydrogens (tertiary/aromatic N) is 1. The Hall–Kier alpha value is -3.81. The number of carboxylic acid groups (broad SMARTS) is 1. The fourth-order valence-electron chi connectivity index (χ4n) is 2.27. The van der Waals surface area contributed by atoms with Crippen LogP contribution in [0.25, 0.3) is 11.1 Å². The van der Waals surface area contributed by atoms with Crippen LogP contribution in [0.4, 0.5) is 4.79 Å². The molecule has 8 nitrogen and oxygen atoms in total. The molecular weight excluding hydrogens is 338 g/mol. The number of amides is 1. The minimum absolute atomic E-state index is 0.145. The summed E-state index contributed by atoms with van der Waals surface area (Å²) in [6, 6.07) is 12.0. The van der Waals surface area contributed by atoms with Crippen LogP contribution in [0.5, 0.6) is 17.4 Å². The highest BCUT2D eigenvalue weighted by atomic mass is 16.7. The summed E-state index contributed by atoms with van der Waals surface area (Å²) >= 11 is 0. The summed E-state index contributed by atoms with van der Waals surface area (Å²) in [5.41, 5.74) is 1.90. The van der Waals surface area contributed by atoms with Crippen LogP contribution in [0.2, 0.25) is 0 Å². The number of ether oxygens (including phenoxy) is 2. The molecule has 2 aromatic heterocycles. The number of benzene rings is 1. The minimum atomic E-state index is -1.38. The molecule has 0 saturated carbocycles. The van der Waals surface area contributed by atoms with E-state index in [0.717, 1.165) is 11.1 Å². The highest BCUT2D eigenvalue weighted by Crippen LogP contribution is 2.27. The standard InChI is InChI=1S/C18H15N3O5/c1-19-17(22)15-9-14(6-7-20-15)25-13-4-2-11(3-5-13)12-8-16(21-10-12)26-18(23)24/h2-10,21H,1H3,(H,19,22)(H,23,24). The largest absolute Gasteiger partial charge is 0.512 e. The fourth-order valence-corrected chi connectivity index (χ4v) is 2.27. The van der Waals surface area contributed by atoms with E-state index < -0.39 is 6.16 Å². The van der Waals surface area contributed by atoms with Gasteiger partial charge in [-0.15, -0.1) is 0 Å². The van der Waals surface area contributed by atoms with Crippen LogP contribution >= 0.6 is 0 Å². The second-order valence-corrected chi connectivity index (χ2v) is 5.20. The van der Waals surface area contributed by atoms with E-state index >= 15 is 0 Å². The molecule has 3 rings (SSSR count). The number of carbonyl (C=O) groups excluding carboxylic acids is 1. The lowest BCUT2D eigenvalue weighted by molar-refractivity contribution is 0.0957. The van der Waals surface area contributed by atoms with Crippen molar-refractivity contribution < 1.29 is 24.2 Å². The SMILES string of the molecule is CNC(=O)c1cc(Oc2ccc(-c3c[nH]c(OC(=O)O)c3)cc2)ccn1. The third-order valence-electron chi connectivity index (χ3n) is 3.47. The van der Waals surface area contributed by atoms with E-state index in [-0.39, 0.29) is 17.5 Å². The Morgan fingerprint density at radius 2 is 1.85 bits per heavy atom. The zero-order valence-corrected chi connectivity index (χ0v) is 13.7. The topological polar surface area (TPSA) is 114 Å². The van der Waals surface area contributed by atoms with Gasteiger partial charge in [0.2, 0.25) is 5.88 Å². The van der Waals surface area contributed by atoms with Crippen LogP contribution in [-0.4, -0.2) is 34.2 Å². The van der Waals surface area contributed by atoms with Crippen LogP contribution in [0, 0.1) is 0 Å². The van der Waals surface area contributed by atoms with Crippen molar-refractivity contribution >= 4 is 12.1 Å². The Balaban J connectivity index is 1.73. The van der Waals surface area contributed by atoms with E-state index in [1.807, 2.05) is 12.1 Å². The lowest BCUT2D eigenvalue weighted by Gasteiger charge is -2.07. The number of carbonyl (C=O) groups is 2. The Morgan fingerprint density at radius 3 is 2.54 bits per heavy atom. The molecule has 0 spiro atoms. The third-order valence-corrected chi connectivity index (χ3v) is 3.47. The number of H-pyrrole nitrogens is 1. The predicted octanol–water partition coefficient (Wildman–Crippen LogP) is 3.29. The predicted molar refractivity (Wildman–Crippen MR) is 92.6 cm³/mol. The maximum atomic E-state index is 11.6. The Labute approximate surface area is 148 Å². The number of aromatic amines is 1. The minimum Gasteiger partial charge on any atom is -0.457 e. The van der Waals surface area contributed by atoms with Crippen LogP contribution in [-0.2, 0) is 0 Å². The normalized spacial score (nSPS) is 10.2. The quantitative estimate of drug-likeness (QED) is 0.607. The van der Waals surface area contributed by atoms with Crippen LogP contribution in [0.15, 0.2) is 54.9 Å². The molecule has 0 atom stereocenters. The molecule has 8 heteroatoms. The van der Waals surface area contributed by atoms with Gasteiger partial charge in [0.1, 0.15) is 17.2 Å². The highest BCUT2D eigenvalue weighted by molar-refractivity contribution is 5.92. The first kappa shape index (κ1) is 17.0. The fraction of sp³-hybridized carbons (Fsp3) is 0.0556. The average molecular weight is 353 g/mol. The van der Waals surface area contributed by atoms with Crippen LogP contribution in [0.3, 0.4) is 0 Å². The van der Waals surface area contributed by atoms with E-state index in [9.17, 15) is 9.59 Å². The monoisotopic (exact) mass is 353 g/mol. The summed E-state index contributed by atoms with van der Waals surface area (Å²) < 4.78 is 10.3. The van der Waals surface area contributed by atoms with E-state index in [0.29, 0.717) is 11.5 Å². The van der Waals surface area contributed by atoms with Gasteiger partial charge in [-0.05, 0) is 23.8 Å². The zero-order chi connectivity index (χ0) is 18.5. The van der Waals surface area contributed by atoms with Gasteiger partial charge in [0.15, 0.2) is 0 Å². The van der Waals surface area contributed by atoms with Crippen molar-refractivity contribution in [2.24, 2.45) is 0 Å². The van der Waals surface area contributed by atoms with Gasteiger partial charge in [-0.25, -0.2) is 4.79 Å². The molecule has 0 bridgehead atoms. The molecule has 26 heavy (non-hydrogen) atoms. The lowest BCUT2D eigenvalue weighted by atomic mass is 10.1. The zero-order valence-electron chi connectivity index (χ0n) is 13.7. The molecule has 0 radical (unpaired) electrons. The lowest BCUT2D eigenvalue weighted by Crippen LogP contribution is -2.18. The molecule has 1 aromatic carbocycles. The molecule has 0 aliphatic carbocycles. The van der Waals surface area contributed by atoms with E-state index in [2.05, 4.69) is 20.0 Å². The van der Waals surface area contributed by atoms with Crippen LogP contribution < -0.4 is 14.8 Å². The number of hydrogen-bond donors (Lipinski definition) is 3. The average Bonchev–Trinajstić information content (AvgIpc) is 3.09. The van der Waals surface area contributed by atoms with Gasteiger partial charge < -0.3 is 24.9 Å². The van der Waals surface area contributed by atoms with Crippen molar-refractivity contribution in [2.75, 3.05) is 7.05 Å². The van der Waals surface area contributed by atoms with Crippen molar-refractivity contribution in [3.8, 4) is 28.5 Å². The van der Waals surface area contributed by atoms with Gasteiger partial charge >= 0.3 is 6.16 Å². The van der Waals surface area contributed by atoms with Gasteiger partial charge in [0.25, 0.3) is 5.91 Å². The van der Waals surface area contributed by atoms with Crippen LogP contribution in [0.1, 0.15) is 10.5 Å². The van der Waals surface area contributed by atoms with Gasteiger partial charge in [0.05, 0.1) is 0 Å². The first-order valence-electron chi connectivity index (χ1n) is 7.61.